The van der Waals surface area contributed by atoms with Crippen molar-refractivity contribution in [3.8, 4) is 0 Å². The van der Waals surface area contributed by atoms with Crippen molar-refractivity contribution in [1.82, 2.24) is 4.90 Å². The first-order chi connectivity index (χ1) is 9.63. The van der Waals surface area contributed by atoms with E-state index >= 15 is 0 Å². The van der Waals surface area contributed by atoms with E-state index in [4.69, 9.17) is 5.73 Å². The summed E-state index contributed by atoms with van der Waals surface area (Å²) in [6.45, 7) is 8.45. The number of benzene rings is 1. The highest BCUT2D eigenvalue weighted by molar-refractivity contribution is 7.09. The van der Waals surface area contributed by atoms with Gasteiger partial charge in [-0.15, -0.1) is 11.3 Å². The molecule has 0 aliphatic carbocycles. The lowest BCUT2D eigenvalue weighted by Crippen LogP contribution is -2.39. The van der Waals surface area contributed by atoms with Gasteiger partial charge in [0.2, 0.25) is 0 Å². The highest BCUT2D eigenvalue weighted by atomic mass is 32.1. The molecule has 0 aliphatic heterocycles. The second-order valence-corrected chi connectivity index (χ2v) is 6.34. The zero-order chi connectivity index (χ0) is 14.5. The van der Waals surface area contributed by atoms with Gasteiger partial charge in [-0.05, 0) is 43.0 Å². The molecule has 0 amide bonds. The molecule has 3 heteroatoms. The van der Waals surface area contributed by atoms with Crippen LogP contribution in [-0.2, 0) is 6.54 Å². The second kappa shape index (κ2) is 7.02. The number of nitrogens with two attached hydrogens (primary N) is 1. The molecule has 0 saturated heterocycles. The molecule has 0 spiro atoms. The fraction of sp³-hybridized carbons (Fsp3) is 0.412. The molecule has 0 bridgehead atoms. The highest BCUT2D eigenvalue weighted by Crippen LogP contribution is 2.28. The van der Waals surface area contributed by atoms with Crippen LogP contribution in [0.4, 0.5) is 0 Å². The Hall–Kier alpha value is -1.16. The summed E-state index contributed by atoms with van der Waals surface area (Å²) in [6, 6.07) is 13.3. The van der Waals surface area contributed by atoms with E-state index in [0.29, 0.717) is 0 Å². The number of nitrogens with zero attached hydrogens (tertiary/aromatic N) is 1. The van der Waals surface area contributed by atoms with Crippen molar-refractivity contribution >= 4 is 11.3 Å². The lowest BCUT2D eigenvalue weighted by atomic mass is 9.95. The monoisotopic (exact) mass is 288 g/mol. The van der Waals surface area contributed by atoms with Crippen molar-refractivity contribution in [2.24, 2.45) is 5.73 Å². The first-order valence-electron chi connectivity index (χ1n) is 7.21. The maximum absolute atomic E-state index is 6.30. The summed E-state index contributed by atoms with van der Waals surface area (Å²) >= 11 is 1.81. The van der Waals surface area contributed by atoms with Crippen LogP contribution in [0.5, 0.6) is 0 Å². The van der Waals surface area contributed by atoms with E-state index in [0.717, 1.165) is 13.1 Å². The van der Waals surface area contributed by atoms with E-state index < -0.39 is 0 Å². The first-order valence-corrected chi connectivity index (χ1v) is 8.09. The van der Waals surface area contributed by atoms with Gasteiger partial charge in [-0.3, -0.25) is 4.90 Å². The molecular formula is C17H24N2S. The van der Waals surface area contributed by atoms with Crippen molar-refractivity contribution in [3.05, 3.63) is 57.8 Å². The SMILES string of the molecule is CCN(Cc1cccs1)C(c1ccccc1C)C(C)N. The first kappa shape index (κ1) is 15.2. The molecule has 2 atom stereocenters. The molecule has 1 heterocycles. The molecule has 0 saturated carbocycles. The smallest absolute Gasteiger partial charge is 0.0502 e. The fourth-order valence-electron chi connectivity index (χ4n) is 2.74. The van der Waals surface area contributed by atoms with Gasteiger partial charge in [0.25, 0.3) is 0 Å². The number of thiophene rings is 1. The minimum atomic E-state index is 0.107. The lowest BCUT2D eigenvalue weighted by Gasteiger charge is -2.34. The minimum absolute atomic E-state index is 0.107. The van der Waals surface area contributed by atoms with Gasteiger partial charge in [0.05, 0.1) is 6.04 Å². The molecule has 0 aliphatic rings. The van der Waals surface area contributed by atoms with Crippen LogP contribution >= 0.6 is 11.3 Å². The topological polar surface area (TPSA) is 29.3 Å². The normalized spacial score (nSPS) is 14.4. The average molecular weight is 288 g/mol. The molecule has 1 aromatic heterocycles. The minimum Gasteiger partial charge on any atom is -0.326 e. The molecule has 108 valence electrons. The van der Waals surface area contributed by atoms with E-state index in [-0.39, 0.29) is 12.1 Å². The van der Waals surface area contributed by atoms with Gasteiger partial charge >= 0.3 is 0 Å². The standard InChI is InChI=1S/C17H24N2S/c1-4-19(12-15-9-7-11-20-15)17(14(3)18)16-10-6-5-8-13(16)2/h5-11,14,17H,4,12,18H2,1-3H3. The van der Waals surface area contributed by atoms with Crippen LogP contribution in [0.3, 0.4) is 0 Å². The molecule has 0 radical (unpaired) electrons. The van der Waals surface area contributed by atoms with Gasteiger partial charge in [0, 0.05) is 17.5 Å². The molecule has 1 aromatic carbocycles. The Morgan fingerprint density at radius 1 is 1.20 bits per heavy atom. The van der Waals surface area contributed by atoms with Crippen molar-refractivity contribution in [3.63, 3.8) is 0 Å². The molecule has 0 fully saturated rings. The van der Waals surface area contributed by atoms with E-state index in [1.165, 1.54) is 16.0 Å². The summed E-state index contributed by atoms with van der Waals surface area (Å²) in [5, 5.41) is 2.14. The predicted octanol–water partition coefficient (Wildman–Crippen LogP) is 3.97. The summed E-state index contributed by atoms with van der Waals surface area (Å²) in [7, 11) is 0. The predicted molar refractivity (Wildman–Crippen MR) is 88.0 cm³/mol. The third-order valence-electron chi connectivity index (χ3n) is 3.74. The van der Waals surface area contributed by atoms with Crippen LogP contribution in [0.15, 0.2) is 41.8 Å². The average Bonchev–Trinajstić information content (AvgIpc) is 2.92. The lowest BCUT2D eigenvalue weighted by molar-refractivity contribution is 0.178. The molecular weight excluding hydrogens is 264 g/mol. The van der Waals surface area contributed by atoms with E-state index in [2.05, 4.69) is 67.4 Å². The highest BCUT2D eigenvalue weighted by Gasteiger charge is 2.24. The Labute approximate surface area is 126 Å². The Balaban J connectivity index is 2.29. The van der Waals surface area contributed by atoms with Gasteiger partial charge < -0.3 is 5.73 Å². The van der Waals surface area contributed by atoms with Crippen molar-refractivity contribution in [2.45, 2.75) is 39.4 Å². The number of hydrogen-bond donors (Lipinski definition) is 1. The van der Waals surface area contributed by atoms with Crippen LogP contribution in [0.25, 0.3) is 0 Å². The van der Waals surface area contributed by atoms with E-state index in [1.54, 1.807) is 0 Å². The zero-order valence-electron chi connectivity index (χ0n) is 12.5. The number of aryl methyl sites for hydroxylation is 1. The van der Waals surface area contributed by atoms with Crippen molar-refractivity contribution in [1.29, 1.82) is 0 Å². The largest absolute Gasteiger partial charge is 0.326 e. The Bertz CT molecular complexity index is 520. The number of likely N-dealkylation sites (N-methyl/N-ethyl adjacent to an activating group) is 1. The Morgan fingerprint density at radius 2 is 1.95 bits per heavy atom. The van der Waals surface area contributed by atoms with E-state index in [1.807, 2.05) is 11.3 Å². The summed E-state index contributed by atoms with van der Waals surface area (Å²) in [6.07, 6.45) is 0. The molecule has 2 nitrogen and oxygen atoms in total. The van der Waals surface area contributed by atoms with Gasteiger partial charge in [-0.25, -0.2) is 0 Å². The third-order valence-corrected chi connectivity index (χ3v) is 4.60. The zero-order valence-corrected chi connectivity index (χ0v) is 13.4. The maximum atomic E-state index is 6.30. The van der Waals surface area contributed by atoms with Gasteiger partial charge in [-0.1, -0.05) is 37.3 Å². The van der Waals surface area contributed by atoms with Crippen LogP contribution in [-0.4, -0.2) is 17.5 Å². The Kier molecular flexibility index (Phi) is 5.35. The molecule has 2 unspecified atom stereocenters. The number of hydrogen-bond acceptors (Lipinski definition) is 3. The Morgan fingerprint density at radius 3 is 2.50 bits per heavy atom. The van der Waals surface area contributed by atoms with Crippen molar-refractivity contribution in [2.75, 3.05) is 6.54 Å². The maximum Gasteiger partial charge on any atom is 0.0502 e. The molecule has 2 aromatic rings. The van der Waals surface area contributed by atoms with Gasteiger partial charge in [-0.2, -0.15) is 0 Å². The second-order valence-electron chi connectivity index (χ2n) is 5.30. The third kappa shape index (κ3) is 3.48. The van der Waals surface area contributed by atoms with Crippen LogP contribution < -0.4 is 5.73 Å². The van der Waals surface area contributed by atoms with E-state index in [9.17, 15) is 0 Å². The van der Waals surface area contributed by atoms with Crippen LogP contribution in [0, 0.1) is 6.92 Å². The summed E-state index contributed by atoms with van der Waals surface area (Å²) < 4.78 is 0. The number of rotatable bonds is 6. The molecule has 20 heavy (non-hydrogen) atoms. The van der Waals surface area contributed by atoms with Crippen LogP contribution in [0.2, 0.25) is 0 Å². The molecule has 2 rings (SSSR count). The summed E-state index contributed by atoms with van der Waals surface area (Å²) in [5.41, 5.74) is 8.97. The van der Waals surface area contributed by atoms with Gasteiger partial charge in [0.15, 0.2) is 0 Å². The summed E-state index contributed by atoms with van der Waals surface area (Å²) in [5.74, 6) is 0. The van der Waals surface area contributed by atoms with Crippen molar-refractivity contribution < 1.29 is 0 Å². The van der Waals surface area contributed by atoms with Crippen LogP contribution in [0.1, 0.15) is 35.9 Å². The quantitative estimate of drug-likeness (QED) is 0.871. The van der Waals surface area contributed by atoms with Gasteiger partial charge in [0.1, 0.15) is 0 Å². The molecule has 2 N–H and O–H groups in total. The fourth-order valence-corrected chi connectivity index (χ4v) is 3.47. The summed E-state index contributed by atoms with van der Waals surface area (Å²) in [4.78, 5) is 3.87.